The Labute approximate surface area is 137 Å². The second-order valence-electron chi connectivity index (χ2n) is 4.74. The standard InChI is InChI=1S/C14H16ClN3O3S/c1-22-7-6-11-13(20)18(14(21)17-11)8-12(19)16-10-5-3-2-4-9(10)15/h2-5,11H,6-8H2,1H3,(H,16,19)(H,17,21). The largest absolute Gasteiger partial charge is 0.326 e. The van der Waals surface area contributed by atoms with E-state index in [0.717, 1.165) is 10.7 Å². The van der Waals surface area contributed by atoms with E-state index in [9.17, 15) is 14.4 Å². The molecule has 1 heterocycles. The van der Waals surface area contributed by atoms with Crippen LogP contribution in [-0.4, -0.2) is 47.3 Å². The Bertz CT molecular complexity index is 596. The van der Waals surface area contributed by atoms with Gasteiger partial charge in [0.05, 0.1) is 10.7 Å². The second-order valence-corrected chi connectivity index (χ2v) is 6.13. The van der Waals surface area contributed by atoms with E-state index in [2.05, 4.69) is 10.6 Å². The summed E-state index contributed by atoms with van der Waals surface area (Å²) in [6.45, 7) is -0.328. The van der Waals surface area contributed by atoms with E-state index in [4.69, 9.17) is 11.6 Å². The number of carbonyl (C=O) groups excluding carboxylic acids is 3. The lowest BCUT2D eigenvalue weighted by molar-refractivity contribution is -0.130. The molecule has 1 fully saturated rings. The van der Waals surface area contributed by atoms with Crippen molar-refractivity contribution < 1.29 is 14.4 Å². The Hall–Kier alpha value is -1.73. The van der Waals surface area contributed by atoms with E-state index < -0.39 is 18.0 Å². The Morgan fingerprint density at radius 3 is 2.82 bits per heavy atom. The van der Waals surface area contributed by atoms with E-state index in [-0.39, 0.29) is 12.5 Å². The van der Waals surface area contributed by atoms with Gasteiger partial charge in [0.15, 0.2) is 0 Å². The highest BCUT2D eigenvalue weighted by atomic mass is 35.5. The van der Waals surface area contributed by atoms with Gasteiger partial charge in [-0.1, -0.05) is 23.7 Å². The topological polar surface area (TPSA) is 78.5 Å². The van der Waals surface area contributed by atoms with Crippen LogP contribution in [0.3, 0.4) is 0 Å². The van der Waals surface area contributed by atoms with Crippen molar-refractivity contribution in [2.75, 3.05) is 23.9 Å². The van der Waals surface area contributed by atoms with Gasteiger partial charge in [0.25, 0.3) is 5.91 Å². The van der Waals surface area contributed by atoms with E-state index in [1.165, 1.54) is 0 Å². The Morgan fingerprint density at radius 2 is 2.14 bits per heavy atom. The molecule has 118 valence electrons. The molecular formula is C14H16ClN3O3S. The van der Waals surface area contributed by atoms with E-state index in [1.807, 2.05) is 6.26 Å². The monoisotopic (exact) mass is 341 g/mol. The van der Waals surface area contributed by atoms with Crippen molar-refractivity contribution in [3.05, 3.63) is 29.3 Å². The molecule has 0 aromatic heterocycles. The average molecular weight is 342 g/mol. The van der Waals surface area contributed by atoms with E-state index >= 15 is 0 Å². The Kier molecular flexibility index (Phi) is 5.68. The molecule has 1 aromatic rings. The molecule has 8 heteroatoms. The molecule has 1 unspecified atom stereocenters. The van der Waals surface area contributed by atoms with Crippen molar-refractivity contribution in [2.24, 2.45) is 0 Å². The quantitative estimate of drug-likeness (QED) is 0.775. The first-order valence-electron chi connectivity index (χ1n) is 6.68. The molecule has 1 aromatic carbocycles. The van der Waals surface area contributed by atoms with Crippen LogP contribution in [0.1, 0.15) is 6.42 Å². The van der Waals surface area contributed by atoms with Crippen molar-refractivity contribution in [1.29, 1.82) is 0 Å². The fourth-order valence-corrected chi connectivity index (χ4v) is 2.71. The lowest BCUT2D eigenvalue weighted by Gasteiger charge is -2.13. The summed E-state index contributed by atoms with van der Waals surface area (Å²) in [4.78, 5) is 36.8. The van der Waals surface area contributed by atoms with Gasteiger partial charge in [-0.2, -0.15) is 11.8 Å². The highest BCUT2D eigenvalue weighted by Gasteiger charge is 2.38. The molecule has 0 spiro atoms. The van der Waals surface area contributed by atoms with Crippen molar-refractivity contribution in [1.82, 2.24) is 10.2 Å². The highest BCUT2D eigenvalue weighted by Crippen LogP contribution is 2.20. The van der Waals surface area contributed by atoms with Crippen LogP contribution >= 0.6 is 23.4 Å². The molecule has 4 amide bonds. The van der Waals surface area contributed by atoms with Gasteiger partial charge in [0.1, 0.15) is 12.6 Å². The Morgan fingerprint density at radius 1 is 1.41 bits per heavy atom. The zero-order valence-electron chi connectivity index (χ0n) is 12.0. The molecule has 22 heavy (non-hydrogen) atoms. The normalized spacial score (nSPS) is 17.5. The number of hydrogen-bond donors (Lipinski definition) is 2. The number of benzene rings is 1. The minimum atomic E-state index is -0.548. The average Bonchev–Trinajstić information content (AvgIpc) is 2.75. The number of urea groups is 1. The molecule has 2 rings (SSSR count). The van der Waals surface area contributed by atoms with E-state index in [0.29, 0.717) is 17.1 Å². The first-order valence-corrected chi connectivity index (χ1v) is 8.45. The molecule has 0 radical (unpaired) electrons. The van der Waals surface area contributed by atoms with Gasteiger partial charge in [-0.05, 0) is 30.6 Å². The highest BCUT2D eigenvalue weighted by molar-refractivity contribution is 7.98. The summed E-state index contributed by atoms with van der Waals surface area (Å²) >= 11 is 7.54. The second kappa shape index (κ2) is 7.51. The number of nitrogens with zero attached hydrogens (tertiary/aromatic N) is 1. The predicted octanol–water partition coefficient (Wildman–Crippen LogP) is 1.95. The number of hydrogen-bond acceptors (Lipinski definition) is 4. The molecule has 0 saturated carbocycles. The lowest BCUT2D eigenvalue weighted by Crippen LogP contribution is -2.38. The van der Waals surface area contributed by atoms with Crippen LogP contribution in [0.15, 0.2) is 24.3 Å². The molecule has 1 saturated heterocycles. The van der Waals surface area contributed by atoms with Gasteiger partial charge in [-0.3, -0.25) is 14.5 Å². The van der Waals surface area contributed by atoms with Crippen molar-refractivity contribution in [3.8, 4) is 0 Å². The summed E-state index contributed by atoms with van der Waals surface area (Å²) in [6, 6.07) is 5.68. The summed E-state index contributed by atoms with van der Waals surface area (Å²) < 4.78 is 0. The molecule has 1 aliphatic rings. The predicted molar refractivity (Wildman–Crippen MR) is 87.1 cm³/mol. The first kappa shape index (κ1) is 16.6. The van der Waals surface area contributed by atoms with Gasteiger partial charge in [-0.15, -0.1) is 0 Å². The zero-order valence-corrected chi connectivity index (χ0v) is 13.5. The lowest BCUT2D eigenvalue weighted by atomic mass is 10.2. The maximum atomic E-state index is 12.1. The number of amides is 4. The molecule has 1 aliphatic heterocycles. The van der Waals surface area contributed by atoms with Gasteiger partial charge < -0.3 is 10.6 Å². The number of para-hydroxylation sites is 1. The number of imide groups is 1. The van der Waals surface area contributed by atoms with Gasteiger partial charge in [-0.25, -0.2) is 4.79 Å². The van der Waals surface area contributed by atoms with E-state index in [1.54, 1.807) is 36.0 Å². The maximum absolute atomic E-state index is 12.1. The summed E-state index contributed by atoms with van der Waals surface area (Å²) in [7, 11) is 0. The third-order valence-electron chi connectivity index (χ3n) is 3.17. The number of thioether (sulfide) groups is 1. The smallest absolute Gasteiger partial charge is 0.325 e. The third kappa shape index (κ3) is 3.92. The summed E-state index contributed by atoms with van der Waals surface area (Å²) in [6.07, 6.45) is 2.48. The van der Waals surface area contributed by atoms with Crippen LogP contribution < -0.4 is 10.6 Å². The molecule has 2 N–H and O–H groups in total. The summed E-state index contributed by atoms with van der Waals surface area (Å²) in [5.41, 5.74) is 0.445. The summed E-state index contributed by atoms with van der Waals surface area (Å²) in [5, 5.41) is 5.57. The van der Waals surface area contributed by atoms with Crippen molar-refractivity contribution in [2.45, 2.75) is 12.5 Å². The number of nitrogens with one attached hydrogen (secondary N) is 2. The fourth-order valence-electron chi connectivity index (χ4n) is 2.05. The van der Waals surface area contributed by atoms with Crippen LogP contribution in [0.4, 0.5) is 10.5 Å². The van der Waals surface area contributed by atoms with Gasteiger partial charge in [0.2, 0.25) is 5.91 Å². The van der Waals surface area contributed by atoms with Crippen molar-refractivity contribution >= 4 is 46.9 Å². The Balaban J connectivity index is 1.95. The molecular weight excluding hydrogens is 326 g/mol. The van der Waals surface area contributed by atoms with Gasteiger partial charge in [0, 0.05) is 0 Å². The number of rotatable bonds is 6. The third-order valence-corrected chi connectivity index (χ3v) is 4.14. The molecule has 6 nitrogen and oxygen atoms in total. The first-order chi connectivity index (χ1) is 10.5. The van der Waals surface area contributed by atoms with Crippen LogP contribution in [0, 0.1) is 0 Å². The SMILES string of the molecule is CSCCC1NC(=O)N(CC(=O)Nc2ccccc2Cl)C1=O. The van der Waals surface area contributed by atoms with Crippen LogP contribution in [0.25, 0.3) is 0 Å². The summed E-state index contributed by atoms with van der Waals surface area (Å²) in [5.74, 6) is -0.0773. The van der Waals surface area contributed by atoms with Crippen LogP contribution in [0.5, 0.6) is 0 Å². The minimum absolute atomic E-state index is 0.328. The number of anilines is 1. The van der Waals surface area contributed by atoms with Crippen LogP contribution in [-0.2, 0) is 9.59 Å². The van der Waals surface area contributed by atoms with Gasteiger partial charge >= 0.3 is 6.03 Å². The molecule has 0 aliphatic carbocycles. The zero-order chi connectivity index (χ0) is 16.1. The molecule has 1 atom stereocenters. The maximum Gasteiger partial charge on any atom is 0.325 e. The number of halogens is 1. The fraction of sp³-hybridized carbons (Fsp3) is 0.357. The molecule has 0 bridgehead atoms. The van der Waals surface area contributed by atoms with Crippen LogP contribution in [0.2, 0.25) is 5.02 Å². The van der Waals surface area contributed by atoms with Crippen molar-refractivity contribution in [3.63, 3.8) is 0 Å². The number of carbonyl (C=O) groups is 3. The minimum Gasteiger partial charge on any atom is -0.326 e.